The van der Waals surface area contributed by atoms with Crippen LogP contribution in [0.15, 0.2) is 48.5 Å². The summed E-state index contributed by atoms with van der Waals surface area (Å²) in [4.78, 5) is 22.9. The third-order valence-electron chi connectivity index (χ3n) is 3.37. The van der Waals surface area contributed by atoms with Crippen molar-refractivity contribution >= 4 is 11.8 Å². The van der Waals surface area contributed by atoms with E-state index in [9.17, 15) is 14.0 Å². The number of halogens is 1. The van der Waals surface area contributed by atoms with Crippen LogP contribution in [0.3, 0.4) is 0 Å². The molecule has 4 nitrogen and oxygen atoms in total. The minimum Gasteiger partial charge on any atom is -0.352 e. The minimum absolute atomic E-state index is 0.0902. The number of carbonyl (C=O) groups excluding carboxylic acids is 2. The average molecular weight is 314 g/mol. The number of hydrogen-bond donors (Lipinski definition) is 2. The molecule has 0 atom stereocenters. The van der Waals surface area contributed by atoms with Crippen LogP contribution in [0, 0.1) is 5.82 Å². The highest BCUT2D eigenvalue weighted by Gasteiger charge is 2.05. The highest BCUT2D eigenvalue weighted by molar-refractivity contribution is 5.94. The van der Waals surface area contributed by atoms with Crippen LogP contribution in [0.25, 0.3) is 0 Å². The molecule has 2 aromatic rings. The van der Waals surface area contributed by atoms with E-state index in [1.807, 2.05) is 12.1 Å². The van der Waals surface area contributed by atoms with E-state index in [0.29, 0.717) is 25.1 Å². The largest absolute Gasteiger partial charge is 0.352 e. The van der Waals surface area contributed by atoms with E-state index in [1.165, 1.54) is 19.1 Å². The molecule has 23 heavy (non-hydrogen) atoms. The van der Waals surface area contributed by atoms with Gasteiger partial charge in [-0.15, -0.1) is 0 Å². The first-order valence-corrected chi connectivity index (χ1v) is 7.40. The Morgan fingerprint density at radius 1 is 0.913 bits per heavy atom. The number of carbonyl (C=O) groups is 2. The molecule has 2 aromatic carbocycles. The number of amides is 2. The fourth-order valence-electron chi connectivity index (χ4n) is 2.07. The van der Waals surface area contributed by atoms with Crippen LogP contribution in [-0.4, -0.2) is 18.4 Å². The molecule has 2 rings (SSSR count). The van der Waals surface area contributed by atoms with E-state index in [4.69, 9.17) is 0 Å². The molecule has 0 fully saturated rings. The van der Waals surface area contributed by atoms with Crippen molar-refractivity contribution in [2.75, 3.05) is 6.54 Å². The topological polar surface area (TPSA) is 58.2 Å². The Balaban J connectivity index is 1.81. The summed E-state index contributed by atoms with van der Waals surface area (Å²) in [5, 5.41) is 5.53. The summed E-state index contributed by atoms with van der Waals surface area (Å²) >= 11 is 0. The maximum absolute atomic E-state index is 12.8. The molecule has 0 saturated carbocycles. The zero-order valence-corrected chi connectivity index (χ0v) is 12.9. The second kappa shape index (κ2) is 8.08. The quantitative estimate of drug-likeness (QED) is 0.860. The molecule has 0 aromatic heterocycles. The van der Waals surface area contributed by atoms with Crippen LogP contribution in [0.2, 0.25) is 0 Å². The first kappa shape index (κ1) is 16.7. The fraction of sp³-hybridized carbons (Fsp3) is 0.222. The summed E-state index contributed by atoms with van der Waals surface area (Å²) in [7, 11) is 0. The molecule has 0 saturated heterocycles. The molecule has 0 radical (unpaired) electrons. The molecule has 5 heteroatoms. The molecule has 2 amide bonds. The Morgan fingerprint density at radius 3 is 2.13 bits per heavy atom. The van der Waals surface area contributed by atoms with Crippen LogP contribution < -0.4 is 10.6 Å². The zero-order chi connectivity index (χ0) is 16.7. The van der Waals surface area contributed by atoms with Gasteiger partial charge in [0.05, 0.1) is 0 Å². The van der Waals surface area contributed by atoms with Gasteiger partial charge < -0.3 is 10.6 Å². The van der Waals surface area contributed by atoms with Gasteiger partial charge in [0.15, 0.2) is 0 Å². The number of benzene rings is 2. The molecule has 0 unspecified atom stereocenters. The predicted molar refractivity (Wildman–Crippen MR) is 86.4 cm³/mol. The molecule has 0 spiro atoms. The van der Waals surface area contributed by atoms with Crippen molar-refractivity contribution in [1.82, 2.24) is 10.6 Å². The Hall–Kier alpha value is -2.69. The van der Waals surface area contributed by atoms with Crippen LogP contribution in [0.1, 0.15) is 28.4 Å². The van der Waals surface area contributed by atoms with E-state index in [1.54, 1.807) is 24.3 Å². The Morgan fingerprint density at radius 2 is 1.52 bits per heavy atom. The molecule has 2 N–H and O–H groups in total. The molecule has 0 heterocycles. The molecule has 0 bridgehead atoms. The van der Waals surface area contributed by atoms with E-state index in [-0.39, 0.29) is 17.6 Å². The second-order valence-electron chi connectivity index (χ2n) is 5.24. The van der Waals surface area contributed by atoms with Crippen LogP contribution in [-0.2, 0) is 17.8 Å². The number of rotatable bonds is 6. The molecule has 120 valence electrons. The second-order valence-corrected chi connectivity index (χ2v) is 5.24. The van der Waals surface area contributed by atoms with Crippen molar-refractivity contribution in [2.24, 2.45) is 0 Å². The monoisotopic (exact) mass is 314 g/mol. The molecular formula is C18H19FN2O2. The summed E-state index contributed by atoms with van der Waals surface area (Å²) in [5.41, 5.74) is 2.47. The van der Waals surface area contributed by atoms with Crippen LogP contribution >= 0.6 is 0 Å². The van der Waals surface area contributed by atoms with Crippen molar-refractivity contribution in [1.29, 1.82) is 0 Å². The van der Waals surface area contributed by atoms with Gasteiger partial charge in [-0.1, -0.05) is 24.3 Å². The van der Waals surface area contributed by atoms with Crippen molar-refractivity contribution in [3.63, 3.8) is 0 Å². The third kappa shape index (κ3) is 5.54. The van der Waals surface area contributed by atoms with Crippen molar-refractivity contribution in [3.8, 4) is 0 Å². The van der Waals surface area contributed by atoms with Gasteiger partial charge in [-0.2, -0.15) is 0 Å². The Kier molecular flexibility index (Phi) is 5.86. The fourth-order valence-corrected chi connectivity index (χ4v) is 2.07. The van der Waals surface area contributed by atoms with Gasteiger partial charge in [0.25, 0.3) is 5.91 Å². The molecule has 0 aliphatic heterocycles. The summed E-state index contributed by atoms with van der Waals surface area (Å²) in [6.45, 7) is 2.39. The Bertz CT molecular complexity index is 666. The van der Waals surface area contributed by atoms with E-state index >= 15 is 0 Å². The average Bonchev–Trinajstić information content (AvgIpc) is 2.55. The van der Waals surface area contributed by atoms with E-state index in [2.05, 4.69) is 10.6 Å². The lowest BCUT2D eigenvalue weighted by molar-refractivity contribution is -0.119. The van der Waals surface area contributed by atoms with Gasteiger partial charge in [-0.05, 0) is 41.8 Å². The van der Waals surface area contributed by atoms with Gasteiger partial charge >= 0.3 is 0 Å². The van der Waals surface area contributed by atoms with Crippen molar-refractivity contribution in [3.05, 3.63) is 71.0 Å². The molecular weight excluding hydrogens is 295 g/mol. The maximum atomic E-state index is 12.8. The lowest BCUT2D eigenvalue weighted by Gasteiger charge is -2.07. The van der Waals surface area contributed by atoms with Crippen molar-refractivity contribution < 1.29 is 14.0 Å². The number of nitrogens with one attached hydrogen (secondary N) is 2. The predicted octanol–water partition coefficient (Wildman–Crippen LogP) is 2.43. The first-order chi connectivity index (χ1) is 11.0. The highest BCUT2D eigenvalue weighted by Crippen LogP contribution is 2.05. The smallest absolute Gasteiger partial charge is 0.251 e. The maximum Gasteiger partial charge on any atom is 0.251 e. The number of hydrogen-bond acceptors (Lipinski definition) is 2. The van der Waals surface area contributed by atoms with Gasteiger partial charge in [-0.3, -0.25) is 9.59 Å². The normalized spacial score (nSPS) is 10.2. The van der Waals surface area contributed by atoms with E-state index < -0.39 is 0 Å². The Labute approximate surface area is 134 Å². The van der Waals surface area contributed by atoms with Gasteiger partial charge in [0.1, 0.15) is 5.82 Å². The lowest BCUT2D eigenvalue weighted by atomic mass is 10.1. The zero-order valence-electron chi connectivity index (χ0n) is 12.9. The third-order valence-corrected chi connectivity index (χ3v) is 3.37. The molecule has 0 aliphatic carbocycles. The molecule has 0 aliphatic rings. The summed E-state index contributed by atoms with van der Waals surface area (Å²) in [6, 6.07) is 13.3. The van der Waals surface area contributed by atoms with Crippen LogP contribution in [0.5, 0.6) is 0 Å². The van der Waals surface area contributed by atoms with Gasteiger partial charge in [-0.25, -0.2) is 4.39 Å². The SMILES string of the molecule is CC(=O)NCc1ccc(C(=O)NCCc2ccc(F)cc2)cc1. The minimum atomic E-state index is -0.267. The van der Waals surface area contributed by atoms with Gasteiger partial charge in [0, 0.05) is 25.6 Å². The van der Waals surface area contributed by atoms with Crippen molar-refractivity contribution in [2.45, 2.75) is 19.9 Å². The summed E-state index contributed by atoms with van der Waals surface area (Å²) < 4.78 is 12.8. The lowest BCUT2D eigenvalue weighted by Crippen LogP contribution is -2.25. The highest BCUT2D eigenvalue weighted by atomic mass is 19.1. The van der Waals surface area contributed by atoms with E-state index in [0.717, 1.165) is 11.1 Å². The summed E-state index contributed by atoms with van der Waals surface area (Å²) in [6.07, 6.45) is 0.645. The van der Waals surface area contributed by atoms with Gasteiger partial charge in [0.2, 0.25) is 5.91 Å². The van der Waals surface area contributed by atoms with Crippen LogP contribution in [0.4, 0.5) is 4.39 Å². The summed E-state index contributed by atoms with van der Waals surface area (Å²) in [5.74, 6) is -0.511. The first-order valence-electron chi connectivity index (χ1n) is 7.40. The standard InChI is InChI=1S/C18H19FN2O2/c1-13(22)21-12-15-2-6-16(7-3-15)18(23)20-11-10-14-4-8-17(19)9-5-14/h2-9H,10-12H2,1H3,(H,20,23)(H,21,22).